The molecule has 0 fully saturated rings. The number of carboxylic acids is 1. The number of nitrogens with two attached hydrogens (primary N) is 3. The van der Waals surface area contributed by atoms with Crippen LogP contribution in [-0.4, -0.2) is 71.1 Å². The molecule has 0 bridgehead atoms. The average molecular weight is 508 g/mol. The molecule has 36 heavy (non-hydrogen) atoms. The molecule has 11 N–H and O–H groups in total. The minimum atomic E-state index is -1.24. The lowest BCUT2D eigenvalue weighted by Crippen LogP contribution is -2.58. The number of carboxylic acid groups (broad SMARTS) is 1. The maximum atomic E-state index is 13.2. The number of phenolic OH excluding ortho intramolecular Hbond substituents is 1. The van der Waals surface area contributed by atoms with Gasteiger partial charge in [0.15, 0.2) is 5.96 Å². The molecule has 4 atom stereocenters. The molecule has 0 aliphatic rings. The molecule has 1 aromatic rings. The van der Waals surface area contributed by atoms with Crippen molar-refractivity contribution in [2.75, 3.05) is 13.1 Å². The molecule has 4 unspecified atom stereocenters. The van der Waals surface area contributed by atoms with Crippen molar-refractivity contribution < 1.29 is 29.4 Å². The summed E-state index contributed by atoms with van der Waals surface area (Å²) in [7, 11) is 0. The van der Waals surface area contributed by atoms with Gasteiger partial charge in [-0.1, -0.05) is 32.4 Å². The van der Waals surface area contributed by atoms with Gasteiger partial charge in [0.05, 0.1) is 6.04 Å². The number of benzene rings is 1. The van der Waals surface area contributed by atoms with Crippen LogP contribution in [0.2, 0.25) is 0 Å². The Morgan fingerprint density at radius 1 is 1.03 bits per heavy atom. The topological polar surface area (TPSA) is 235 Å². The first-order valence-corrected chi connectivity index (χ1v) is 11.6. The molecular weight excluding hydrogens is 470 g/mol. The number of rotatable bonds is 15. The summed E-state index contributed by atoms with van der Waals surface area (Å²) in [6.07, 6.45) is 1.33. The predicted molar refractivity (Wildman–Crippen MR) is 134 cm³/mol. The molecule has 200 valence electrons. The van der Waals surface area contributed by atoms with Crippen molar-refractivity contribution in [3.63, 3.8) is 0 Å². The highest BCUT2D eigenvalue weighted by Gasteiger charge is 2.31. The second-order valence-corrected chi connectivity index (χ2v) is 8.47. The van der Waals surface area contributed by atoms with E-state index in [0.717, 1.165) is 0 Å². The summed E-state index contributed by atoms with van der Waals surface area (Å²) in [6.45, 7) is 3.30. The molecule has 0 aromatic heterocycles. The zero-order chi connectivity index (χ0) is 27.3. The SMILES string of the molecule is CCC(C)C(NC(=O)C(N)CCCN=C(N)N)C(=O)NC(Cc1ccc(O)cc1)C(=O)NCC(=O)O. The molecule has 0 saturated heterocycles. The molecule has 13 heteroatoms. The standard InChI is InChI=1S/C23H37N7O6/c1-3-13(2)19(30-20(34)16(24)5-4-10-27-23(25)26)22(36)29-17(21(35)28-12-18(32)33)11-14-6-8-15(31)9-7-14/h6-9,13,16-17,19,31H,3-5,10-12,24H2,1-2H3,(H,28,35)(H,29,36)(H,30,34)(H,32,33)(H4,25,26,27). The zero-order valence-corrected chi connectivity index (χ0v) is 20.6. The van der Waals surface area contributed by atoms with E-state index in [0.29, 0.717) is 31.4 Å². The van der Waals surface area contributed by atoms with E-state index in [-0.39, 0.29) is 24.0 Å². The fourth-order valence-electron chi connectivity index (χ4n) is 3.24. The van der Waals surface area contributed by atoms with Crippen LogP contribution in [0.15, 0.2) is 29.3 Å². The normalized spacial score (nSPS) is 14.0. The Morgan fingerprint density at radius 3 is 2.22 bits per heavy atom. The van der Waals surface area contributed by atoms with E-state index in [2.05, 4.69) is 20.9 Å². The highest BCUT2D eigenvalue weighted by Crippen LogP contribution is 2.13. The lowest BCUT2D eigenvalue weighted by atomic mass is 9.96. The highest BCUT2D eigenvalue weighted by atomic mass is 16.4. The third kappa shape index (κ3) is 11.0. The number of phenols is 1. The Labute approximate surface area is 209 Å². The molecule has 0 spiro atoms. The summed E-state index contributed by atoms with van der Waals surface area (Å²) < 4.78 is 0. The predicted octanol–water partition coefficient (Wildman–Crippen LogP) is -1.47. The Morgan fingerprint density at radius 2 is 1.67 bits per heavy atom. The van der Waals surface area contributed by atoms with Gasteiger partial charge in [-0.15, -0.1) is 0 Å². The van der Waals surface area contributed by atoms with Crippen LogP contribution in [0.4, 0.5) is 0 Å². The van der Waals surface area contributed by atoms with Crippen LogP contribution in [0.1, 0.15) is 38.7 Å². The monoisotopic (exact) mass is 507 g/mol. The molecule has 0 aliphatic heterocycles. The molecule has 0 heterocycles. The van der Waals surface area contributed by atoms with Gasteiger partial charge < -0.3 is 43.4 Å². The first-order chi connectivity index (χ1) is 16.9. The Balaban J connectivity index is 2.96. The number of amides is 3. The molecule has 0 radical (unpaired) electrons. The largest absolute Gasteiger partial charge is 0.508 e. The van der Waals surface area contributed by atoms with E-state index in [1.165, 1.54) is 12.1 Å². The van der Waals surface area contributed by atoms with Crippen molar-refractivity contribution in [3.8, 4) is 5.75 Å². The quantitative estimate of drug-likeness (QED) is 0.0784. The van der Waals surface area contributed by atoms with Crippen molar-refractivity contribution in [1.29, 1.82) is 0 Å². The van der Waals surface area contributed by atoms with Crippen LogP contribution in [-0.2, 0) is 25.6 Å². The summed E-state index contributed by atoms with van der Waals surface area (Å²) in [6, 6.07) is 3.01. The van der Waals surface area contributed by atoms with Crippen LogP contribution >= 0.6 is 0 Å². The van der Waals surface area contributed by atoms with E-state index < -0.39 is 48.4 Å². The van der Waals surface area contributed by atoms with Gasteiger partial charge >= 0.3 is 5.97 Å². The van der Waals surface area contributed by atoms with Gasteiger partial charge in [-0.05, 0) is 36.5 Å². The number of aliphatic imine (C=N–C) groups is 1. The molecular formula is C23H37N7O6. The van der Waals surface area contributed by atoms with Gasteiger partial charge in [0.25, 0.3) is 0 Å². The van der Waals surface area contributed by atoms with E-state index in [4.69, 9.17) is 22.3 Å². The van der Waals surface area contributed by atoms with Crippen molar-refractivity contribution in [3.05, 3.63) is 29.8 Å². The Bertz CT molecular complexity index is 918. The third-order valence-corrected chi connectivity index (χ3v) is 5.52. The number of hydrogen-bond acceptors (Lipinski definition) is 7. The van der Waals surface area contributed by atoms with Gasteiger partial charge in [-0.2, -0.15) is 0 Å². The number of hydrogen-bond donors (Lipinski definition) is 8. The van der Waals surface area contributed by atoms with E-state index in [9.17, 15) is 24.3 Å². The number of nitrogens with zero attached hydrogens (tertiary/aromatic N) is 1. The smallest absolute Gasteiger partial charge is 0.322 e. The average Bonchev–Trinajstić information content (AvgIpc) is 2.83. The molecule has 0 aliphatic carbocycles. The molecule has 3 amide bonds. The van der Waals surface area contributed by atoms with Crippen LogP contribution in [0.5, 0.6) is 5.75 Å². The number of nitrogens with one attached hydrogen (secondary N) is 3. The fraction of sp³-hybridized carbons (Fsp3) is 0.522. The lowest BCUT2D eigenvalue weighted by Gasteiger charge is -2.27. The molecule has 1 aromatic carbocycles. The number of aliphatic carboxylic acids is 1. The van der Waals surface area contributed by atoms with Crippen molar-refractivity contribution >= 4 is 29.7 Å². The summed E-state index contributed by atoms with van der Waals surface area (Å²) in [4.78, 5) is 53.2. The summed E-state index contributed by atoms with van der Waals surface area (Å²) in [5, 5.41) is 25.9. The van der Waals surface area contributed by atoms with Crippen LogP contribution in [0.3, 0.4) is 0 Å². The Kier molecular flexibility index (Phi) is 12.7. The lowest BCUT2D eigenvalue weighted by molar-refractivity contribution is -0.138. The van der Waals surface area contributed by atoms with Gasteiger partial charge in [0, 0.05) is 13.0 Å². The van der Waals surface area contributed by atoms with Crippen LogP contribution < -0.4 is 33.2 Å². The van der Waals surface area contributed by atoms with E-state index in [1.54, 1.807) is 19.1 Å². The number of carbonyl (C=O) groups excluding carboxylic acids is 3. The van der Waals surface area contributed by atoms with Gasteiger partial charge in [0.2, 0.25) is 17.7 Å². The number of carbonyl (C=O) groups is 4. The van der Waals surface area contributed by atoms with Gasteiger partial charge in [-0.3, -0.25) is 24.2 Å². The van der Waals surface area contributed by atoms with Crippen molar-refractivity contribution in [2.24, 2.45) is 28.1 Å². The third-order valence-electron chi connectivity index (χ3n) is 5.52. The maximum Gasteiger partial charge on any atom is 0.322 e. The summed E-state index contributed by atoms with van der Waals surface area (Å²) in [5.41, 5.74) is 17.1. The minimum absolute atomic E-state index is 0.0307. The molecule has 13 nitrogen and oxygen atoms in total. The zero-order valence-electron chi connectivity index (χ0n) is 20.6. The molecule has 1 rings (SSSR count). The van der Waals surface area contributed by atoms with Crippen molar-refractivity contribution in [2.45, 2.75) is 57.7 Å². The van der Waals surface area contributed by atoms with E-state index >= 15 is 0 Å². The van der Waals surface area contributed by atoms with Gasteiger partial charge in [-0.25, -0.2) is 0 Å². The van der Waals surface area contributed by atoms with Crippen molar-refractivity contribution in [1.82, 2.24) is 16.0 Å². The minimum Gasteiger partial charge on any atom is -0.508 e. The van der Waals surface area contributed by atoms with Crippen LogP contribution in [0.25, 0.3) is 0 Å². The number of guanidine groups is 1. The highest BCUT2D eigenvalue weighted by molar-refractivity contribution is 5.94. The maximum absolute atomic E-state index is 13.2. The summed E-state index contributed by atoms with van der Waals surface area (Å²) >= 11 is 0. The fourth-order valence-corrected chi connectivity index (χ4v) is 3.24. The van der Waals surface area contributed by atoms with Gasteiger partial charge in [0.1, 0.15) is 24.4 Å². The van der Waals surface area contributed by atoms with E-state index in [1.807, 2.05) is 6.92 Å². The first kappa shape index (κ1) is 30.2. The first-order valence-electron chi connectivity index (χ1n) is 11.6. The van der Waals surface area contributed by atoms with Crippen LogP contribution in [0, 0.1) is 5.92 Å². The second kappa shape index (κ2) is 15.2. The Hall–Kier alpha value is -3.87. The molecule has 0 saturated carbocycles. The number of aromatic hydroxyl groups is 1. The summed E-state index contributed by atoms with van der Waals surface area (Å²) in [5.74, 6) is -3.41. The second-order valence-electron chi connectivity index (χ2n) is 8.47.